The monoisotopic (exact) mass is 371 g/mol. The summed E-state index contributed by atoms with van der Waals surface area (Å²) < 4.78 is 25.0. The lowest BCUT2D eigenvalue weighted by molar-refractivity contribution is 0.0908. The van der Waals surface area contributed by atoms with Crippen LogP contribution in [0.3, 0.4) is 0 Å². The van der Waals surface area contributed by atoms with Gasteiger partial charge in [-0.3, -0.25) is 4.79 Å². The summed E-state index contributed by atoms with van der Waals surface area (Å²) in [5.41, 5.74) is 2.23. The minimum Gasteiger partial charge on any atom is -0.497 e. The van der Waals surface area contributed by atoms with Crippen molar-refractivity contribution in [3.05, 3.63) is 59.1 Å². The van der Waals surface area contributed by atoms with Crippen molar-refractivity contribution >= 4 is 28.6 Å². The second kappa shape index (κ2) is 6.68. The molecule has 2 aromatic carbocycles. The van der Waals surface area contributed by atoms with Crippen LogP contribution in [0.25, 0.3) is 11.0 Å². The van der Waals surface area contributed by atoms with Crippen LogP contribution in [0.15, 0.2) is 45.7 Å². The van der Waals surface area contributed by atoms with Gasteiger partial charge >= 0.3 is 0 Å². The molecule has 134 valence electrons. The number of thioether (sulfide) groups is 1. The van der Waals surface area contributed by atoms with Crippen LogP contribution >= 0.6 is 11.8 Å². The van der Waals surface area contributed by atoms with E-state index in [0.29, 0.717) is 16.2 Å². The van der Waals surface area contributed by atoms with E-state index in [1.54, 1.807) is 25.3 Å². The van der Waals surface area contributed by atoms with Gasteiger partial charge in [-0.2, -0.15) is 0 Å². The Hall–Kier alpha value is -2.47. The molecule has 0 radical (unpaired) electrons. The van der Waals surface area contributed by atoms with Crippen LogP contribution in [-0.4, -0.2) is 18.8 Å². The lowest BCUT2D eigenvalue weighted by Gasteiger charge is -2.25. The Morgan fingerprint density at radius 2 is 2.19 bits per heavy atom. The smallest absolute Gasteiger partial charge is 0.287 e. The maximum absolute atomic E-state index is 14.0. The standard InChI is InChI=1S/C20H18FNO3S/c1-11-14-10-12(24-2)6-7-17(14)25-18(11)20(23)22-16-8-9-26-19-13(16)4-3-5-15(19)21/h3-7,10,16H,8-9H2,1-2H3,(H,22,23). The van der Waals surface area contributed by atoms with Gasteiger partial charge in [-0.1, -0.05) is 12.1 Å². The number of methoxy groups -OCH3 is 1. The van der Waals surface area contributed by atoms with Crippen molar-refractivity contribution in [2.75, 3.05) is 12.9 Å². The SMILES string of the molecule is COc1ccc2oc(C(=O)NC3CCSc4c(F)cccc43)c(C)c2c1. The van der Waals surface area contributed by atoms with E-state index in [1.165, 1.54) is 17.8 Å². The minimum absolute atomic E-state index is 0.225. The summed E-state index contributed by atoms with van der Waals surface area (Å²) in [4.78, 5) is 13.4. The third-order valence-electron chi connectivity index (χ3n) is 4.68. The quantitative estimate of drug-likeness (QED) is 0.715. The molecule has 26 heavy (non-hydrogen) atoms. The van der Waals surface area contributed by atoms with Gasteiger partial charge in [0, 0.05) is 21.6 Å². The number of hydrogen-bond donors (Lipinski definition) is 1. The van der Waals surface area contributed by atoms with E-state index in [1.807, 2.05) is 19.1 Å². The highest BCUT2D eigenvalue weighted by Crippen LogP contribution is 2.38. The fourth-order valence-electron chi connectivity index (χ4n) is 3.30. The molecule has 0 bridgehead atoms. The van der Waals surface area contributed by atoms with Crippen molar-refractivity contribution in [1.29, 1.82) is 0 Å². The number of furan rings is 1. The number of halogens is 1. The van der Waals surface area contributed by atoms with Gasteiger partial charge in [0.2, 0.25) is 0 Å². The Labute approximate surface area is 154 Å². The van der Waals surface area contributed by atoms with Gasteiger partial charge in [-0.05, 0) is 43.2 Å². The van der Waals surface area contributed by atoms with Crippen LogP contribution in [-0.2, 0) is 0 Å². The van der Waals surface area contributed by atoms with Gasteiger partial charge in [0.25, 0.3) is 5.91 Å². The molecule has 1 aliphatic heterocycles. The Kier molecular flexibility index (Phi) is 4.36. The number of fused-ring (bicyclic) bond motifs is 2. The summed E-state index contributed by atoms with van der Waals surface area (Å²) in [5, 5.41) is 3.85. The average Bonchev–Trinajstić information content (AvgIpc) is 2.99. The minimum atomic E-state index is -0.287. The average molecular weight is 371 g/mol. The number of ether oxygens (including phenoxy) is 1. The van der Waals surface area contributed by atoms with Crippen LogP contribution in [0.4, 0.5) is 4.39 Å². The summed E-state index contributed by atoms with van der Waals surface area (Å²) in [6.07, 6.45) is 0.750. The lowest BCUT2D eigenvalue weighted by atomic mass is 10.0. The van der Waals surface area contributed by atoms with E-state index in [4.69, 9.17) is 9.15 Å². The summed E-state index contributed by atoms with van der Waals surface area (Å²) >= 11 is 1.49. The molecule has 1 amide bonds. The highest BCUT2D eigenvalue weighted by Gasteiger charge is 2.27. The van der Waals surface area contributed by atoms with E-state index in [9.17, 15) is 9.18 Å². The van der Waals surface area contributed by atoms with Crippen LogP contribution in [0.5, 0.6) is 5.75 Å². The molecule has 0 saturated heterocycles. The molecule has 4 rings (SSSR count). The third kappa shape index (κ3) is 2.84. The van der Waals surface area contributed by atoms with Crippen molar-refractivity contribution in [2.24, 2.45) is 0 Å². The Morgan fingerprint density at radius 1 is 1.35 bits per heavy atom. The zero-order valence-corrected chi connectivity index (χ0v) is 15.3. The van der Waals surface area contributed by atoms with Crippen LogP contribution < -0.4 is 10.1 Å². The molecule has 6 heteroatoms. The Balaban J connectivity index is 1.65. The number of rotatable bonds is 3. The van der Waals surface area contributed by atoms with Gasteiger partial charge in [0.05, 0.1) is 13.2 Å². The fraction of sp³-hybridized carbons (Fsp3) is 0.250. The first-order valence-corrected chi connectivity index (χ1v) is 9.36. The molecule has 2 heterocycles. The largest absolute Gasteiger partial charge is 0.497 e. The van der Waals surface area contributed by atoms with E-state index in [0.717, 1.165) is 28.7 Å². The number of carbonyl (C=O) groups is 1. The van der Waals surface area contributed by atoms with E-state index < -0.39 is 0 Å². The molecule has 4 nitrogen and oxygen atoms in total. The van der Waals surface area contributed by atoms with Gasteiger partial charge in [0.1, 0.15) is 17.1 Å². The number of aryl methyl sites for hydroxylation is 1. The molecule has 1 aliphatic rings. The van der Waals surface area contributed by atoms with E-state index >= 15 is 0 Å². The van der Waals surface area contributed by atoms with Gasteiger partial charge in [-0.25, -0.2) is 4.39 Å². The van der Waals surface area contributed by atoms with Gasteiger partial charge in [0.15, 0.2) is 5.76 Å². The fourth-order valence-corrected chi connectivity index (χ4v) is 4.44. The highest BCUT2D eigenvalue weighted by atomic mass is 32.2. The molecule has 3 aromatic rings. The third-order valence-corrected chi connectivity index (χ3v) is 5.84. The summed E-state index contributed by atoms with van der Waals surface area (Å²) in [6, 6.07) is 10.2. The number of carbonyl (C=O) groups excluding carboxylic acids is 1. The molecule has 0 aliphatic carbocycles. The molecule has 0 saturated carbocycles. The Morgan fingerprint density at radius 3 is 3.00 bits per heavy atom. The number of benzene rings is 2. The topological polar surface area (TPSA) is 51.5 Å². The molecule has 0 spiro atoms. The van der Waals surface area contributed by atoms with Crippen molar-refractivity contribution in [1.82, 2.24) is 5.32 Å². The number of hydrogen-bond acceptors (Lipinski definition) is 4. The molecular formula is C20H18FNO3S. The zero-order valence-electron chi connectivity index (χ0n) is 14.5. The normalized spacial score (nSPS) is 16.3. The maximum Gasteiger partial charge on any atom is 0.287 e. The van der Waals surface area contributed by atoms with Crippen molar-refractivity contribution < 1.29 is 18.3 Å². The number of amides is 1. The number of nitrogens with one attached hydrogen (secondary N) is 1. The van der Waals surface area contributed by atoms with Gasteiger partial charge < -0.3 is 14.5 Å². The molecule has 1 aromatic heterocycles. The van der Waals surface area contributed by atoms with Crippen molar-refractivity contribution in [2.45, 2.75) is 24.3 Å². The lowest BCUT2D eigenvalue weighted by Crippen LogP contribution is -2.31. The summed E-state index contributed by atoms with van der Waals surface area (Å²) in [6.45, 7) is 1.85. The molecule has 1 N–H and O–H groups in total. The Bertz CT molecular complexity index is 998. The maximum atomic E-state index is 14.0. The second-order valence-electron chi connectivity index (χ2n) is 6.24. The van der Waals surface area contributed by atoms with Crippen LogP contribution in [0.1, 0.15) is 34.1 Å². The zero-order chi connectivity index (χ0) is 18.3. The first-order valence-electron chi connectivity index (χ1n) is 8.37. The molecule has 1 unspecified atom stereocenters. The first-order chi connectivity index (χ1) is 12.6. The highest BCUT2D eigenvalue weighted by molar-refractivity contribution is 7.99. The predicted octanol–water partition coefficient (Wildman–Crippen LogP) is 4.86. The van der Waals surface area contributed by atoms with Crippen molar-refractivity contribution in [3.8, 4) is 5.75 Å². The molecule has 0 fully saturated rings. The summed E-state index contributed by atoms with van der Waals surface area (Å²) in [7, 11) is 1.60. The predicted molar refractivity (Wildman–Crippen MR) is 99.5 cm³/mol. The molecule has 1 atom stereocenters. The van der Waals surface area contributed by atoms with Crippen molar-refractivity contribution in [3.63, 3.8) is 0 Å². The summed E-state index contributed by atoms with van der Waals surface area (Å²) in [5.74, 6) is 1.23. The van der Waals surface area contributed by atoms with E-state index in [-0.39, 0.29) is 23.5 Å². The van der Waals surface area contributed by atoms with Crippen LogP contribution in [0.2, 0.25) is 0 Å². The first kappa shape index (κ1) is 17.0. The van der Waals surface area contributed by atoms with Crippen LogP contribution in [0, 0.1) is 12.7 Å². The second-order valence-corrected chi connectivity index (χ2v) is 7.34. The van der Waals surface area contributed by atoms with Gasteiger partial charge in [-0.15, -0.1) is 11.8 Å². The van der Waals surface area contributed by atoms with E-state index in [2.05, 4.69) is 5.32 Å². The molecular weight excluding hydrogens is 353 g/mol.